The van der Waals surface area contributed by atoms with Crippen molar-refractivity contribution in [3.63, 3.8) is 0 Å². The van der Waals surface area contributed by atoms with Crippen LogP contribution in [0.1, 0.15) is 11.3 Å². The summed E-state index contributed by atoms with van der Waals surface area (Å²) in [6.45, 7) is 2.42. The average Bonchev–Trinajstić information content (AvgIpc) is 2.95. The highest BCUT2D eigenvalue weighted by Gasteiger charge is 2.08. The number of imidazole rings is 2. The Kier molecular flexibility index (Phi) is 3.76. The summed E-state index contributed by atoms with van der Waals surface area (Å²) in [5, 5.41) is 0. The molecule has 0 aliphatic heterocycles. The molecule has 22 heavy (non-hydrogen) atoms. The first-order valence-electron chi connectivity index (χ1n) is 6.99. The first-order chi connectivity index (χ1) is 10.4. The van der Waals surface area contributed by atoms with Crippen molar-refractivity contribution in [3.8, 4) is 11.3 Å². The van der Waals surface area contributed by atoms with Gasteiger partial charge in [-0.1, -0.05) is 23.8 Å². The number of hydrogen-bond donors (Lipinski definition) is 2. The number of nitrogens with zero attached hydrogens (tertiary/aromatic N) is 2. The lowest BCUT2D eigenvalue weighted by Crippen LogP contribution is -2.24. The number of benzene rings is 1. The second-order valence-corrected chi connectivity index (χ2v) is 7.26. The molecule has 0 radical (unpaired) electrons. The van der Waals surface area contributed by atoms with E-state index in [0.717, 1.165) is 29.0 Å². The molecule has 2 aromatic heterocycles. The van der Waals surface area contributed by atoms with E-state index < -0.39 is 10.0 Å². The molecule has 0 aliphatic rings. The molecular formula is C15H18N4O2S. The van der Waals surface area contributed by atoms with Crippen molar-refractivity contribution in [2.24, 2.45) is 0 Å². The molecule has 7 heteroatoms. The fourth-order valence-corrected chi connectivity index (χ4v) is 2.84. The molecule has 2 heterocycles. The summed E-state index contributed by atoms with van der Waals surface area (Å²) >= 11 is 0. The summed E-state index contributed by atoms with van der Waals surface area (Å²) in [7, 11) is -3.14. The van der Waals surface area contributed by atoms with Gasteiger partial charge in [0.15, 0.2) is 0 Å². The molecule has 0 bridgehead atoms. The van der Waals surface area contributed by atoms with Gasteiger partial charge in [0.2, 0.25) is 15.8 Å². The van der Waals surface area contributed by atoms with Crippen molar-refractivity contribution in [2.75, 3.05) is 12.8 Å². The standard InChI is InChI=1S/C15H18N4O2S/c1-11-4-3-5-12(8-11)14-10-19-9-13(17-15(19)18-14)6-7-16-22(2,20)21/h3-5,8-10,16H,6-7H2,1-2H3,(H,17,18). The molecule has 0 saturated carbocycles. The van der Waals surface area contributed by atoms with Gasteiger partial charge in [-0.3, -0.25) is 4.40 Å². The van der Waals surface area contributed by atoms with Gasteiger partial charge in [0, 0.05) is 36.6 Å². The monoisotopic (exact) mass is 318 g/mol. The normalized spacial score (nSPS) is 12.1. The quantitative estimate of drug-likeness (QED) is 0.752. The highest BCUT2D eigenvalue weighted by Crippen LogP contribution is 2.20. The van der Waals surface area contributed by atoms with Crippen molar-refractivity contribution >= 4 is 15.8 Å². The molecule has 3 aromatic rings. The van der Waals surface area contributed by atoms with Gasteiger partial charge in [0.05, 0.1) is 11.9 Å². The Balaban J connectivity index is 1.77. The number of aromatic amines is 1. The van der Waals surface area contributed by atoms with Crippen molar-refractivity contribution in [2.45, 2.75) is 13.3 Å². The van der Waals surface area contributed by atoms with Crippen LogP contribution in [0.2, 0.25) is 0 Å². The Morgan fingerprint density at radius 1 is 1.32 bits per heavy atom. The Labute approximate surface area is 129 Å². The van der Waals surface area contributed by atoms with E-state index in [0.29, 0.717) is 13.0 Å². The molecule has 116 valence electrons. The third-order valence-electron chi connectivity index (χ3n) is 3.37. The number of hydrogen-bond acceptors (Lipinski definition) is 3. The Morgan fingerprint density at radius 3 is 2.82 bits per heavy atom. The summed E-state index contributed by atoms with van der Waals surface area (Å²) in [4.78, 5) is 7.77. The number of aryl methyl sites for hydroxylation is 1. The highest BCUT2D eigenvalue weighted by atomic mass is 32.2. The molecule has 2 N–H and O–H groups in total. The topological polar surface area (TPSA) is 79.3 Å². The van der Waals surface area contributed by atoms with Crippen LogP contribution in [0.4, 0.5) is 0 Å². The van der Waals surface area contributed by atoms with Gasteiger partial charge in [-0.25, -0.2) is 18.1 Å². The number of nitrogens with one attached hydrogen (secondary N) is 2. The SMILES string of the molecule is Cc1cccc(-c2cn3cc(CCNS(C)(=O)=O)[nH]c3n2)c1. The zero-order valence-corrected chi connectivity index (χ0v) is 13.3. The van der Waals surface area contributed by atoms with Crippen LogP contribution in [0, 0.1) is 6.92 Å². The lowest BCUT2D eigenvalue weighted by molar-refractivity contribution is 0.587. The van der Waals surface area contributed by atoms with Gasteiger partial charge in [0.1, 0.15) is 0 Å². The van der Waals surface area contributed by atoms with Crippen LogP contribution >= 0.6 is 0 Å². The third kappa shape index (κ3) is 3.37. The zero-order chi connectivity index (χ0) is 15.7. The molecule has 3 rings (SSSR count). The van der Waals surface area contributed by atoms with Gasteiger partial charge in [-0.2, -0.15) is 0 Å². The van der Waals surface area contributed by atoms with Crippen molar-refractivity contribution in [1.82, 2.24) is 19.1 Å². The van der Waals surface area contributed by atoms with Crippen LogP contribution in [0.25, 0.3) is 17.0 Å². The van der Waals surface area contributed by atoms with Crippen LogP contribution in [-0.4, -0.2) is 35.6 Å². The Hall–Kier alpha value is -2.12. The zero-order valence-electron chi connectivity index (χ0n) is 12.5. The lowest BCUT2D eigenvalue weighted by atomic mass is 10.1. The maximum Gasteiger partial charge on any atom is 0.211 e. The van der Waals surface area contributed by atoms with Crippen LogP contribution in [0.5, 0.6) is 0 Å². The summed E-state index contributed by atoms with van der Waals surface area (Å²) in [5.74, 6) is 0.755. The molecular weight excluding hydrogens is 300 g/mol. The first kappa shape index (κ1) is 14.8. The Bertz CT molecular complexity index is 877. The maximum atomic E-state index is 11.0. The van der Waals surface area contributed by atoms with E-state index in [9.17, 15) is 8.42 Å². The highest BCUT2D eigenvalue weighted by molar-refractivity contribution is 7.88. The molecule has 0 atom stereocenters. The second kappa shape index (κ2) is 5.58. The summed E-state index contributed by atoms with van der Waals surface area (Å²) in [5.41, 5.74) is 4.13. The van der Waals surface area contributed by atoms with Crippen LogP contribution in [-0.2, 0) is 16.4 Å². The Morgan fingerprint density at radius 2 is 2.14 bits per heavy atom. The molecule has 0 aliphatic carbocycles. The molecule has 0 spiro atoms. The minimum absolute atomic E-state index is 0.368. The van der Waals surface area contributed by atoms with Gasteiger partial charge >= 0.3 is 0 Å². The molecule has 0 fully saturated rings. The summed E-state index contributed by atoms with van der Waals surface area (Å²) in [6, 6.07) is 8.20. The van der Waals surface area contributed by atoms with E-state index in [1.165, 1.54) is 5.56 Å². The molecule has 0 saturated heterocycles. The van der Waals surface area contributed by atoms with Crippen LogP contribution < -0.4 is 4.72 Å². The number of aromatic nitrogens is 3. The van der Waals surface area contributed by atoms with Crippen molar-refractivity contribution in [3.05, 3.63) is 47.9 Å². The van der Waals surface area contributed by atoms with Gasteiger partial charge in [0.25, 0.3) is 0 Å². The number of sulfonamides is 1. The summed E-state index contributed by atoms with van der Waals surface area (Å²) < 4.78 is 26.5. The van der Waals surface area contributed by atoms with Crippen LogP contribution in [0.15, 0.2) is 36.7 Å². The predicted molar refractivity (Wildman–Crippen MR) is 86.3 cm³/mol. The van der Waals surface area contributed by atoms with Gasteiger partial charge < -0.3 is 4.98 Å². The van der Waals surface area contributed by atoms with Crippen molar-refractivity contribution in [1.29, 1.82) is 0 Å². The summed E-state index contributed by atoms with van der Waals surface area (Å²) in [6.07, 6.45) is 5.65. The predicted octanol–water partition coefficient (Wildman–Crippen LogP) is 1.73. The van der Waals surface area contributed by atoms with Crippen LogP contribution in [0.3, 0.4) is 0 Å². The van der Waals surface area contributed by atoms with Gasteiger partial charge in [-0.15, -0.1) is 0 Å². The van der Waals surface area contributed by atoms with E-state index in [2.05, 4.69) is 33.7 Å². The fraction of sp³-hybridized carbons (Fsp3) is 0.267. The van der Waals surface area contributed by atoms with E-state index in [4.69, 9.17) is 0 Å². The third-order valence-corrected chi connectivity index (χ3v) is 4.10. The van der Waals surface area contributed by atoms with Crippen molar-refractivity contribution < 1.29 is 8.42 Å². The van der Waals surface area contributed by atoms with E-state index in [1.54, 1.807) is 0 Å². The second-order valence-electron chi connectivity index (χ2n) is 5.42. The minimum Gasteiger partial charge on any atom is -0.327 e. The van der Waals surface area contributed by atoms with Gasteiger partial charge in [-0.05, 0) is 13.0 Å². The smallest absolute Gasteiger partial charge is 0.211 e. The first-order valence-corrected chi connectivity index (χ1v) is 8.88. The van der Waals surface area contributed by atoms with E-state index >= 15 is 0 Å². The molecule has 0 amide bonds. The average molecular weight is 318 g/mol. The minimum atomic E-state index is -3.14. The maximum absolute atomic E-state index is 11.0. The lowest BCUT2D eigenvalue weighted by Gasteiger charge is -2.00. The number of rotatable bonds is 5. The molecule has 0 unspecified atom stereocenters. The van der Waals surface area contributed by atoms with E-state index in [-0.39, 0.29) is 0 Å². The number of fused-ring (bicyclic) bond motifs is 1. The fourth-order valence-electron chi connectivity index (χ4n) is 2.37. The number of H-pyrrole nitrogens is 1. The van der Waals surface area contributed by atoms with E-state index in [1.807, 2.05) is 28.9 Å². The largest absolute Gasteiger partial charge is 0.327 e. The molecule has 6 nitrogen and oxygen atoms in total. The molecule has 1 aromatic carbocycles.